The van der Waals surface area contributed by atoms with Gasteiger partial charge < -0.3 is 15.0 Å². The number of nitrogens with zero attached hydrogens (tertiary/aromatic N) is 1. The summed E-state index contributed by atoms with van der Waals surface area (Å²) < 4.78 is 5.50. The molecule has 0 spiro atoms. The van der Waals surface area contributed by atoms with Crippen LogP contribution in [0.2, 0.25) is 0 Å². The van der Waals surface area contributed by atoms with E-state index >= 15 is 0 Å². The number of fused-ring (bicyclic) bond motifs is 1. The van der Waals surface area contributed by atoms with Gasteiger partial charge in [0.2, 0.25) is 0 Å². The van der Waals surface area contributed by atoms with Crippen LogP contribution in [0.5, 0.6) is 5.95 Å². The van der Waals surface area contributed by atoms with E-state index in [0.29, 0.717) is 11.3 Å². The molecule has 0 saturated carbocycles. The number of urea groups is 1. The minimum Gasteiger partial charge on any atom is -0.424 e. The zero-order valence-electron chi connectivity index (χ0n) is 10.5. The minimum absolute atomic E-state index is 0.203. The van der Waals surface area contributed by atoms with E-state index in [4.69, 9.17) is 15.0 Å². The van der Waals surface area contributed by atoms with Gasteiger partial charge in [-0.05, 0) is 18.2 Å². The summed E-state index contributed by atoms with van der Waals surface area (Å²) in [6, 6.07) is 17.3. The fourth-order valence-electron chi connectivity index (χ4n) is 1.88. The first kappa shape index (κ1) is 12.1. The fraction of sp³-hybridized carbons (Fsp3) is 0. The van der Waals surface area contributed by atoms with Crippen LogP contribution in [0.4, 0.5) is 10.5 Å². The summed E-state index contributed by atoms with van der Waals surface area (Å²) >= 11 is 0. The van der Waals surface area contributed by atoms with Gasteiger partial charge in [0.05, 0.1) is 5.69 Å². The molecule has 0 aliphatic carbocycles. The molecule has 2 amide bonds. The van der Waals surface area contributed by atoms with Crippen molar-refractivity contribution in [2.24, 2.45) is 5.73 Å². The summed E-state index contributed by atoms with van der Waals surface area (Å²) in [5, 5.41) is 1.87. The van der Waals surface area contributed by atoms with Crippen molar-refractivity contribution in [2.75, 3.05) is 5.06 Å². The Balaban J connectivity index is 1.92. The maximum absolute atomic E-state index is 11.5. The molecule has 3 aromatic rings. The number of hydrogen-bond acceptors (Lipinski definition) is 3. The minimum atomic E-state index is -0.725. The lowest BCUT2D eigenvalue weighted by Crippen LogP contribution is -2.38. The van der Waals surface area contributed by atoms with Gasteiger partial charge in [-0.25, -0.2) is 4.79 Å². The van der Waals surface area contributed by atoms with Crippen molar-refractivity contribution in [3.63, 3.8) is 0 Å². The average molecular weight is 268 g/mol. The molecule has 3 rings (SSSR count). The number of rotatable bonds is 3. The molecule has 0 unspecified atom stereocenters. The lowest BCUT2D eigenvalue weighted by atomic mass is 10.3. The number of hydroxylamine groups is 1. The highest BCUT2D eigenvalue weighted by atomic mass is 16.7. The van der Waals surface area contributed by atoms with Crippen LogP contribution < -0.4 is 15.6 Å². The largest absolute Gasteiger partial charge is 0.424 e. The van der Waals surface area contributed by atoms with Crippen molar-refractivity contribution >= 4 is 22.7 Å². The molecule has 5 nitrogen and oxygen atoms in total. The van der Waals surface area contributed by atoms with Gasteiger partial charge in [-0.1, -0.05) is 36.4 Å². The van der Waals surface area contributed by atoms with Gasteiger partial charge in [-0.15, -0.1) is 5.06 Å². The number of amides is 2. The van der Waals surface area contributed by atoms with Crippen LogP contribution in [0.15, 0.2) is 65.1 Å². The fourth-order valence-corrected chi connectivity index (χ4v) is 1.88. The standard InChI is InChI=1S/C15H12N2O3/c16-15(18)17(12-7-2-1-3-8-12)20-14-10-11-6-4-5-9-13(11)19-14/h1-10H,(H2,16,18). The van der Waals surface area contributed by atoms with Crippen LogP contribution in [0.25, 0.3) is 11.0 Å². The number of primary amides is 1. The first-order chi connectivity index (χ1) is 9.74. The van der Waals surface area contributed by atoms with E-state index in [2.05, 4.69) is 0 Å². The summed E-state index contributed by atoms with van der Waals surface area (Å²) in [6.45, 7) is 0. The molecule has 0 fully saturated rings. The molecule has 1 aromatic heterocycles. The van der Waals surface area contributed by atoms with Gasteiger partial charge in [-0.2, -0.15) is 0 Å². The highest BCUT2D eigenvalue weighted by molar-refractivity contribution is 5.89. The Labute approximate surface area is 115 Å². The molecule has 0 bridgehead atoms. The molecule has 100 valence electrons. The summed E-state index contributed by atoms with van der Waals surface area (Å²) in [5.41, 5.74) is 6.54. The van der Waals surface area contributed by atoms with Crippen LogP contribution in [-0.2, 0) is 0 Å². The maximum Gasteiger partial charge on any atom is 0.352 e. The molecule has 2 aromatic carbocycles. The van der Waals surface area contributed by atoms with E-state index in [0.717, 1.165) is 10.4 Å². The second-order valence-corrected chi connectivity index (χ2v) is 4.16. The number of anilines is 1. The van der Waals surface area contributed by atoms with Gasteiger partial charge in [0.15, 0.2) is 0 Å². The number of benzene rings is 2. The third-order valence-electron chi connectivity index (χ3n) is 2.78. The monoisotopic (exact) mass is 268 g/mol. The normalized spacial score (nSPS) is 10.4. The molecule has 0 saturated heterocycles. The lowest BCUT2D eigenvalue weighted by molar-refractivity contribution is 0.201. The third kappa shape index (κ3) is 2.29. The van der Waals surface area contributed by atoms with Crippen molar-refractivity contribution in [2.45, 2.75) is 0 Å². The van der Waals surface area contributed by atoms with Gasteiger partial charge in [0.25, 0.3) is 0 Å². The zero-order chi connectivity index (χ0) is 13.9. The van der Waals surface area contributed by atoms with Crippen LogP contribution in [0.3, 0.4) is 0 Å². The highest BCUT2D eigenvalue weighted by Gasteiger charge is 2.17. The smallest absolute Gasteiger partial charge is 0.352 e. The number of nitrogens with two attached hydrogens (primary N) is 1. The van der Waals surface area contributed by atoms with Gasteiger partial charge in [-0.3, -0.25) is 0 Å². The second-order valence-electron chi connectivity index (χ2n) is 4.16. The van der Waals surface area contributed by atoms with E-state index < -0.39 is 6.03 Å². The Kier molecular flexibility index (Phi) is 3.01. The van der Waals surface area contributed by atoms with Crippen LogP contribution >= 0.6 is 0 Å². The molecular formula is C15H12N2O3. The van der Waals surface area contributed by atoms with E-state index in [1.165, 1.54) is 0 Å². The average Bonchev–Trinajstić information content (AvgIpc) is 2.88. The van der Waals surface area contributed by atoms with E-state index in [9.17, 15) is 4.79 Å². The summed E-state index contributed by atoms with van der Waals surface area (Å²) in [6.07, 6.45) is 0. The van der Waals surface area contributed by atoms with Crippen molar-refractivity contribution in [1.82, 2.24) is 0 Å². The summed E-state index contributed by atoms with van der Waals surface area (Å²) in [7, 11) is 0. The number of para-hydroxylation sites is 2. The highest BCUT2D eigenvalue weighted by Crippen LogP contribution is 2.26. The SMILES string of the molecule is NC(=O)N(Oc1cc2ccccc2o1)c1ccccc1. The molecule has 0 aliphatic rings. The first-order valence-electron chi connectivity index (χ1n) is 6.05. The van der Waals surface area contributed by atoms with Gasteiger partial charge in [0.1, 0.15) is 5.58 Å². The molecule has 5 heteroatoms. The van der Waals surface area contributed by atoms with Crippen molar-refractivity contribution < 1.29 is 14.0 Å². The third-order valence-corrected chi connectivity index (χ3v) is 2.78. The molecule has 1 heterocycles. The Hall–Kier alpha value is -2.95. The molecule has 0 radical (unpaired) electrons. The molecule has 2 N–H and O–H groups in total. The number of carbonyl (C=O) groups is 1. The number of carbonyl (C=O) groups excluding carboxylic acids is 1. The van der Waals surface area contributed by atoms with Crippen molar-refractivity contribution in [3.8, 4) is 5.95 Å². The summed E-state index contributed by atoms with van der Waals surface area (Å²) in [4.78, 5) is 16.9. The van der Waals surface area contributed by atoms with Crippen LogP contribution in [0, 0.1) is 0 Å². The quantitative estimate of drug-likeness (QED) is 0.741. The van der Waals surface area contributed by atoms with Crippen LogP contribution in [-0.4, -0.2) is 6.03 Å². The Bertz CT molecular complexity index is 704. The van der Waals surface area contributed by atoms with E-state index in [1.54, 1.807) is 30.3 Å². The molecule has 0 atom stereocenters. The van der Waals surface area contributed by atoms with Crippen molar-refractivity contribution in [3.05, 3.63) is 60.7 Å². The molecule has 0 aliphatic heterocycles. The van der Waals surface area contributed by atoms with E-state index in [-0.39, 0.29) is 5.95 Å². The predicted octanol–water partition coefficient (Wildman–Crippen LogP) is 3.31. The lowest BCUT2D eigenvalue weighted by Gasteiger charge is -2.17. The summed E-state index contributed by atoms with van der Waals surface area (Å²) in [5.74, 6) is 0.203. The number of hydrogen-bond donors (Lipinski definition) is 1. The number of furan rings is 1. The Morgan fingerprint density at radius 3 is 2.45 bits per heavy atom. The Morgan fingerprint density at radius 2 is 1.75 bits per heavy atom. The van der Waals surface area contributed by atoms with Crippen molar-refractivity contribution in [1.29, 1.82) is 0 Å². The zero-order valence-corrected chi connectivity index (χ0v) is 10.5. The molecular weight excluding hydrogens is 256 g/mol. The van der Waals surface area contributed by atoms with Crippen LogP contribution in [0.1, 0.15) is 0 Å². The van der Waals surface area contributed by atoms with Gasteiger partial charge >= 0.3 is 12.0 Å². The Morgan fingerprint density at radius 1 is 1.05 bits per heavy atom. The van der Waals surface area contributed by atoms with E-state index in [1.807, 2.05) is 30.3 Å². The molecule has 20 heavy (non-hydrogen) atoms. The topological polar surface area (TPSA) is 68.7 Å². The van der Waals surface area contributed by atoms with Gasteiger partial charge in [0, 0.05) is 11.5 Å². The first-order valence-corrected chi connectivity index (χ1v) is 6.05. The maximum atomic E-state index is 11.5. The second kappa shape index (κ2) is 4.97. The predicted molar refractivity (Wildman–Crippen MR) is 75.3 cm³/mol.